The Morgan fingerprint density at radius 1 is 1.17 bits per heavy atom. The molecule has 1 aliphatic heterocycles. The Labute approximate surface area is 110 Å². The zero-order valence-corrected chi connectivity index (χ0v) is 11.4. The lowest BCUT2D eigenvalue weighted by molar-refractivity contribution is -0.194. The predicted octanol–water partition coefficient (Wildman–Crippen LogP) is 3.52. The van der Waals surface area contributed by atoms with E-state index in [1.807, 2.05) is 0 Å². The second kappa shape index (κ2) is 3.40. The molecule has 3 saturated carbocycles. The highest BCUT2D eigenvalue weighted by atomic mass is 16.7. The zero-order valence-electron chi connectivity index (χ0n) is 11.4. The van der Waals surface area contributed by atoms with Crippen LogP contribution in [0.1, 0.15) is 45.4 Å². The molecule has 3 aliphatic carbocycles. The van der Waals surface area contributed by atoms with Crippen molar-refractivity contribution in [1.29, 1.82) is 0 Å². The SMILES string of the molecule is C=C[C@@H](C)[C@H]1CC[C@]23CC4(CC[C@]12C3)OCCO4. The van der Waals surface area contributed by atoms with Gasteiger partial charge in [-0.2, -0.15) is 0 Å². The molecular formula is C16H24O2. The number of rotatable bonds is 2. The number of allylic oxidation sites excluding steroid dienone is 1. The van der Waals surface area contributed by atoms with Gasteiger partial charge in [-0.15, -0.1) is 6.58 Å². The first-order valence-corrected chi connectivity index (χ1v) is 7.56. The van der Waals surface area contributed by atoms with Crippen LogP contribution in [0, 0.1) is 22.7 Å². The third-order valence-electron chi connectivity index (χ3n) is 6.61. The van der Waals surface area contributed by atoms with Crippen molar-refractivity contribution in [3.05, 3.63) is 12.7 Å². The molecule has 0 radical (unpaired) electrons. The molecule has 2 heteroatoms. The molecule has 4 atom stereocenters. The van der Waals surface area contributed by atoms with Crippen LogP contribution < -0.4 is 0 Å². The minimum Gasteiger partial charge on any atom is -0.348 e. The third kappa shape index (κ3) is 1.21. The fourth-order valence-corrected chi connectivity index (χ4v) is 5.69. The minimum absolute atomic E-state index is 0.188. The van der Waals surface area contributed by atoms with Crippen LogP contribution >= 0.6 is 0 Å². The lowest BCUT2D eigenvalue weighted by atomic mass is 9.72. The molecule has 1 heterocycles. The van der Waals surface area contributed by atoms with Gasteiger partial charge in [-0.3, -0.25) is 0 Å². The smallest absolute Gasteiger partial charge is 0.169 e. The van der Waals surface area contributed by atoms with E-state index in [1.54, 1.807) is 0 Å². The highest BCUT2D eigenvalue weighted by Crippen LogP contribution is 2.83. The van der Waals surface area contributed by atoms with E-state index in [9.17, 15) is 0 Å². The van der Waals surface area contributed by atoms with Gasteiger partial charge in [0.05, 0.1) is 13.2 Å². The van der Waals surface area contributed by atoms with Gasteiger partial charge in [-0.25, -0.2) is 0 Å². The topological polar surface area (TPSA) is 18.5 Å². The average Bonchev–Trinajstić information content (AvgIpc) is 2.69. The monoisotopic (exact) mass is 248 g/mol. The molecule has 0 bridgehead atoms. The Morgan fingerprint density at radius 2 is 1.94 bits per heavy atom. The van der Waals surface area contributed by atoms with Gasteiger partial charge in [0.25, 0.3) is 0 Å². The Hall–Kier alpha value is -0.340. The van der Waals surface area contributed by atoms with Crippen molar-refractivity contribution >= 4 is 0 Å². The van der Waals surface area contributed by atoms with E-state index in [2.05, 4.69) is 19.6 Å². The van der Waals surface area contributed by atoms with Gasteiger partial charge in [-0.05, 0) is 48.3 Å². The van der Waals surface area contributed by atoms with E-state index in [0.29, 0.717) is 16.7 Å². The predicted molar refractivity (Wildman–Crippen MR) is 70.1 cm³/mol. The molecule has 0 aromatic carbocycles. The molecule has 4 aliphatic rings. The summed E-state index contributed by atoms with van der Waals surface area (Å²) in [6.07, 6.45) is 9.98. The van der Waals surface area contributed by atoms with Crippen LogP contribution in [0.25, 0.3) is 0 Å². The van der Waals surface area contributed by atoms with Crippen molar-refractivity contribution in [3.8, 4) is 0 Å². The van der Waals surface area contributed by atoms with Crippen LogP contribution in [0.15, 0.2) is 12.7 Å². The van der Waals surface area contributed by atoms with Gasteiger partial charge in [0.15, 0.2) is 5.79 Å². The van der Waals surface area contributed by atoms with Crippen molar-refractivity contribution < 1.29 is 9.47 Å². The van der Waals surface area contributed by atoms with E-state index >= 15 is 0 Å². The summed E-state index contributed by atoms with van der Waals surface area (Å²) in [6.45, 7) is 7.97. The molecule has 1 saturated heterocycles. The maximum atomic E-state index is 5.96. The molecule has 0 N–H and O–H groups in total. The number of hydrogen-bond donors (Lipinski definition) is 0. The highest BCUT2D eigenvalue weighted by molar-refractivity contribution is 5.25. The molecule has 4 rings (SSSR count). The molecule has 0 amide bonds. The van der Waals surface area contributed by atoms with Crippen LogP contribution in [0.3, 0.4) is 0 Å². The fraction of sp³-hybridized carbons (Fsp3) is 0.875. The first kappa shape index (κ1) is 11.5. The quantitative estimate of drug-likeness (QED) is 0.696. The van der Waals surface area contributed by atoms with Gasteiger partial charge in [0.1, 0.15) is 0 Å². The summed E-state index contributed by atoms with van der Waals surface area (Å²) in [5.41, 5.74) is 1.19. The largest absolute Gasteiger partial charge is 0.348 e. The molecule has 0 aromatic heterocycles. The zero-order chi connectivity index (χ0) is 12.4. The molecule has 0 aromatic rings. The van der Waals surface area contributed by atoms with Gasteiger partial charge in [-0.1, -0.05) is 13.0 Å². The normalized spacial score (nSPS) is 49.7. The van der Waals surface area contributed by atoms with Crippen molar-refractivity contribution in [2.24, 2.45) is 22.7 Å². The van der Waals surface area contributed by atoms with Crippen LogP contribution in [0.2, 0.25) is 0 Å². The van der Waals surface area contributed by atoms with Crippen molar-refractivity contribution in [3.63, 3.8) is 0 Å². The Balaban J connectivity index is 1.60. The second-order valence-electron chi connectivity index (χ2n) is 7.14. The average molecular weight is 248 g/mol. The van der Waals surface area contributed by atoms with E-state index in [1.165, 1.54) is 32.1 Å². The Bertz CT molecular complexity index is 385. The summed E-state index contributed by atoms with van der Waals surface area (Å²) < 4.78 is 11.9. The minimum atomic E-state index is -0.188. The van der Waals surface area contributed by atoms with Crippen LogP contribution in [0.4, 0.5) is 0 Å². The standard InChI is InChI=1S/C16H24O2/c1-3-12(2)13-4-5-14-10-15(13,14)6-7-16(11-14)17-8-9-18-16/h3,12-13H,1,4-11H2,2H3/t12-,13-,14+,15+/m1/s1. The summed E-state index contributed by atoms with van der Waals surface area (Å²) in [6, 6.07) is 0. The Kier molecular flexibility index (Phi) is 2.17. The lowest BCUT2D eigenvalue weighted by Crippen LogP contribution is -2.40. The second-order valence-corrected chi connectivity index (χ2v) is 7.14. The fourth-order valence-electron chi connectivity index (χ4n) is 5.69. The van der Waals surface area contributed by atoms with Crippen LogP contribution in [-0.4, -0.2) is 19.0 Å². The summed E-state index contributed by atoms with van der Waals surface area (Å²) in [5, 5.41) is 0. The van der Waals surface area contributed by atoms with E-state index < -0.39 is 0 Å². The molecular weight excluding hydrogens is 224 g/mol. The molecule has 100 valence electrons. The molecule has 2 nitrogen and oxygen atoms in total. The van der Waals surface area contributed by atoms with Crippen molar-refractivity contribution in [2.75, 3.05) is 13.2 Å². The van der Waals surface area contributed by atoms with Crippen molar-refractivity contribution in [2.45, 2.75) is 51.2 Å². The first-order chi connectivity index (χ1) is 8.65. The molecule has 4 fully saturated rings. The van der Waals surface area contributed by atoms with Crippen molar-refractivity contribution in [1.82, 2.24) is 0 Å². The molecule has 18 heavy (non-hydrogen) atoms. The molecule has 0 unspecified atom stereocenters. The summed E-state index contributed by atoms with van der Waals surface area (Å²) in [7, 11) is 0. The Morgan fingerprint density at radius 3 is 2.67 bits per heavy atom. The third-order valence-corrected chi connectivity index (χ3v) is 6.61. The highest BCUT2D eigenvalue weighted by Gasteiger charge is 2.77. The van der Waals surface area contributed by atoms with Gasteiger partial charge >= 0.3 is 0 Å². The summed E-state index contributed by atoms with van der Waals surface area (Å²) in [5.74, 6) is 1.36. The van der Waals surface area contributed by atoms with Gasteiger partial charge < -0.3 is 9.47 Å². The maximum Gasteiger partial charge on any atom is 0.169 e. The first-order valence-electron chi connectivity index (χ1n) is 7.56. The van der Waals surface area contributed by atoms with E-state index in [0.717, 1.165) is 25.6 Å². The number of ether oxygens (including phenoxy) is 2. The van der Waals surface area contributed by atoms with Gasteiger partial charge in [0.2, 0.25) is 0 Å². The van der Waals surface area contributed by atoms with E-state index in [4.69, 9.17) is 9.47 Å². The number of hydrogen-bond acceptors (Lipinski definition) is 2. The maximum absolute atomic E-state index is 5.96. The van der Waals surface area contributed by atoms with Gasteiger partial charge in [0, 0.05) is 12.8 Å². The van der Waals surface area contributed by atoms with E-state index in [-0.39, 0.29) is 5.79 Å². The summed E-state index contributed by atoms with van der Waals surface area (Å²) >= 11 is 0. The van der Waals surface area contributed by atoms with Crippen LogP contribution in [0.5, 0.6) is 0 Å². The summed E-state index contributed by atoms with van der Waals surface area (Å²) in [4.78, 5) is 0. The van der Waals surface area contributed by atoms with Crippen LogP contribution in [-0.2, 0) is 9.47 Å². The lowest BCUT2D eigenvalue weighted by Gasteiger charge is -2.40. The molecule has 1 spiro atoms.